The molecule has 2 bridgehead atoms. The second kappa shape index (κ2) is 6.24. The maximum Gasteiger partial charge on any atom is 0.318 e. The van der Waals surface area contributed by atoms with Gasteiger partial charge in [-0.1, -0.05) is 31.2 Å². The lowest BCUT2D eigenvalue weighted by molar-refractivity contribution is -0.141. The van der Waals surface area contributed by atoms with Crippen molar-refractivity contribution in [3.05, 3.63) is 35.4 Å². The van der Waals surface area contributed by atoms with E-state index < -0.39 is 0 Å². The van der Waals surface area contributed by atoms with E-state index >= 15 is 0 Å². The molecule has 5 aliphatic heterocycles. The van der Waals surface area contributed by atoms with E-state index in [2.05, 4.69) is 46.3 Å². The summed E-state index contributed by atoms with van der Waals surface area (Å²) in [6.07, 6.45) is 3.39. The third-order valence-corrected chi connectivity index (χ3v) is 7.03. The average molecular weight is 355 g/mol. The van der Waals surface area contributed by atoms with Crippen LogP contribution in [0.2, 0.25) is 0 Å². The van der Waals surface area contributed by atoms with Crippen LogP contribution in [0.15, 0.2) is 24.3 Å². The van der Waals surface area contributed by atoms with Crippen molar-refractivity contribution in [3.63, 3.8) is 0 Å². The Hall–Kier alpha value is -1.59. The number of ether oxygens (including phenoxy) is 1. The molecule has 140 valence electrons. The molecule has 0 spiro atoms. The highest BCUT2D eigenvalue weighted by Crippen LogP contribution is 2.47. The molecule has 1 aromatic rings. The van der Waals surface area contributed by atoms with Crippen LogP contribution >= 0.6 is 0 Å². The van der Waals surface area contributed by atoms with Crippen molar-refractivity contribution in [1.82, 2.24) is 15.1 Å². The third kappa shape index (κ3) is 2.64. The van der Waals surface area contributed by atoms with E-state index in [1.54, 1.807) is 0 Å². The number of hydrogen-bond acceptors (Lipinski definition) is 3. The SMILES string of the molecule is CC1([C@H]2c3ccccc3CCN2C(=O)N[C@@H]2CN3CCC2CC3)COC1. The Balaban J connectivity index is 1.39. The molecule has 0 radical (unpaired) electrons. The normalized spacial score (nSPS) is 34.7. The minimum Gasteiger partial charge on any atom is -0.380 e. The molecule has 5 aliphatic rings. The van der Waals surface area contributed by atoms with Gasteiger partial charge in [0.05, 0.1) is 19.3 Å². The van der Waals surface area contributed by atoms with E-state index in [0.717, 1.165) is 32.7 Å². The molecule has 0 unspecified atom stereocenters. The Bertz CT molecular complexity index is 694. The van der Waals surface area contributed by atoms with Gasteiger partial charge in [-0.25, -0.2) is 4.79 Å². The molecule has 26 heavy (non-hydrogen) atoms. The average Bonchev–Trinajstić information content (AvgIpc) is 2.66. The summed E-state index contributed by atoms with van der Waals surface area (Å²) in [6.45, 7) is 7.94. The number of hydrogen-bond donors (Lipinski definition) is 1. The second-order valence-corrected chi connectivity index (χ2v) is 8.89. The first-order valence-electron chi connectivity index (χ1n) is 10.1. The number of rotatable bonds is 2. The van der Waals surface area contributed by atoms with Crippen molar-refractivity contribution < 1.29 is 9.53 Å². The number of amides is 2. The maximum absolute atomic E-state index is 13.3. The lowest BCUT2D eigenvalue weighted by atomic mass is 9.73. The number of carbonyl (C=O) groups excluding carboxylic acids is 1. The van der Waals surface area contributed by atoms with Gasteiger partial charge in [0.25, 0.3) is 0 Å². The Morgan fingerprint density at radius 1 is 1.19 bits per heavy atom. The van der Waals surface area contributed by atoms with Gasteiger partial charge in [-0.2, -0.15) is 0 Å². The van der Waals surface area contributed by atoms with Gasteiger partial charge in [-0.3, -0.25) is 0 Å². The molecule has 6 rings (SSSR count). The fourth-order valence-corrected chi connectivity index (χ4v) is 5.49. The van der Waals surface area contributed by atoms with Gasteiger partial charge >= 0.3 is 6.03 Å². The smallest absolute Gasteiger partial charge is 0.318 e. The topological polar surface area (TPSA) is 44.8 Å². The highest BCUT2D eigenvalue weighted by molar-refractivity contribution is 5.76. The Labute approximate surface area is 155 Å². The van der Waals surface area contributed by atoms with E-state index in [1.165, 1.54) is 37.1 Å². The van der Waals surface area contributed by atoms with E-state index in [0.29, 0.717) is 12.0 Å². The first-order valence-corrected chi connectivity index (χ1v) is 10.1. The van der Waals surface area contributed by atoms with Crippen molar-refractivity contribution >= 4 is 6.03 Å². The maximum atomic E-state index is 13.3. The van der Waals surface area contributed by atoms with E-state index in [4.69, 9.17) is 4.74 Å². The number of benzene rings is 1. The summed E-state index contributed by atoms with van der Waals surface area (Å²) in [7, 11) is 0. The standard InChI is InChI=1S/C21H29N3O2/c1-21(13-26-14-21)19-17-5-3-2-4-15(17)8-11-24(19)20(25)22-18-12-23-9-6-16(18)7-10-23/h2-5,16,18-19H,6-14H2,1H3,(H,22,25)/t18-,19-/m1/s1. The predicted octanol–water partition coefficient (Wildman–Crippen LogP) is 2.43. The van der Waals surface area contributed by atoms with Crippen LogP contribution in [-0.4, -0.2) is 61.3 Å². The number of urea groups is 1. The van der Waals surface area contributed by atoms with Crippen LogP contribution in [0.5, 0.6) is 0 Å². The van der Waals surface area contributed by atoms with Crippen molar-refractivity contribution in [3.8, 4) is 0 Å². The lowest BCUT2D eigenvalue weighted by Crippen LogP contribution is -2.62. The van der Waals surface area contributed by atoms with Crippen molar-refractivity contribution in [2.24, 2.45) is 11.3 Å². The fourth-order valence-electron chi connectivity index (χ4n) is 5.49. The first kappa shape index (κ1) is 16.6. The Kier molecular flexibility index (Phi) is 3.98. The van der Waals surface area contributed by atoms with Crippen LogP contribution in [0.1, 0.15) is 36.9 Å². The van der Waals surface area contributed by atoms with E-state index in [-0.39, 0.29) is 17.5 Å². The van der Waals surface area contributed by atoms with Gasteiger partial charge in [0, 0.05) is 24.5 Å². The summed E-state index contributed by atoms with van der Waals surface area (Å²) < 4.78 is 5.56. The summed E-state index contributed by atoms with van der Waals surface area (Å²) in [5.74, 6) is 0.655. The number of piperidine rings is 3. The van der Waals surface area contributed by atoms with Gasteiger partial charge < -0.3 is 19.9 Å². The number of fused-ring (bicyclic) bond motifs is 4. The molecule has 1 aromatic carbocycles. The van der Waals surface area contributed by atoms with Crippen LogP contribution in [0, 0.1) is 11.3 Å². The monoisotopic (exact) mass is 355 g/mol. The molecule has 4 saturated heterocycles. The quantitative estimate of drug-likeness (QED) is 0.886. The fraction of sp³-hybridized carbons (Fsp3) is 0.667. The summed E-state index contributed by atoms with van der Waals surface area (Å²) in [6, 6.07) is 9.18. The molecule has 5 heteroatoms. The minimum absolute atomic E-state index is 0.0168. The predicted molar refractivity (Wildman–Crippen MR) is 100 cm³/mol. The molecule has 4 fully saturated rings. The lowest BCUT2D eigenvalue weighted by Gasteiger charge is -2.52. The molecular formula is C21H29N3O2. The molecule has 5 heterocycles. The van der Waals surface area contributed by atoms with Gasteiger partial charge in [0.1, 0.15) is 0 Å². The summed E-state index contributed by atoms with van der Waals surface area (Å²) in [4.78, 5) is 17.9. The molecule has 0 saturated carbocycles. The zero-order valence-electron chi connectivity index (χ0n) is 15.6. The zero-order valence-corrected chi connectivity index (χ0v) is 15.6. The van der Waals surface area contributed by atoms with Crippen LogP contribution in [0.25, 0.3) is 0 Å². The summed E-state index contributed by atoms with van der Waals surface area (Å²) >= 11 is 0. The van der Waals surface area contributed by atoms with Gasteiger partial charge in [-0.05, 0) is 49.4 Å². The summed E-state index contributed by atoms with van der Waals surface area (Å²) in [5.41, 5.74) is 2.72. The molecule has 2 amide bonds. The molecule has 1 N–H and O–H groups in total. The second-order valence-electron chi connectivity index (χ2n) is 8.89. The van der Waals surface area contributed by atoms with Crippen molar-refractivity contribution in [1.29, 1.82) is 0 Å². The van der Waals surface area contributed by atoms with Crippen LogP contribution in [0.4, 0.5) is 4.79 Å². The van der Waals surface area contributed by atoms with Gasteiger partial charge in [0.2, 0.25) is 0 Å². The zero-order chi connectivity index (χ0) is 17.7. The van der Waals surface area contributed by atoms with E-state index in [1.807, 2.05) is 0 Å². The molecule has 5 nitrogen and oxygen atoms in total. The van der Waals surface area contributed by atoms with Crippen LogP contribution < -0.4 is 5.32 Å². The van der Waals surface area contributed by atoms with E-state index in [9.17, 15) is 4.79 Å². The van der Waals surface area contributed by atoms with Crippen molar-refractivity contribution in [2.45, 2.75) is 38.3 Å². The minimum atomic E-state index is 0.0168. The first-order chi connectivity index (χ1) is 12.6. The highest BCUT2D eigenvalue weighted by atomic mass is 16.5. The largest absolute Gasteiger partial charge is 0.380 e. The Morgan fingerprint density at radius 3 is 2.62 bits per heavy atom. The summed E-state index contributed by atoms with van der Waals surface area (Å²) in [5, 5.41) is 3.41. The molecular weight excluding hydrogens is 326 g/mol. The van der Waals surface area contributed by atoms with Crippen molar-refractivity contribution in [2.75, 3.05) is 39.4 Å². The van der Waals surface area contributed by atoms with Gasteiger partial charge in [-0.15, -0.1) is 0 Å². The Morgan fingerprint density at radius 2 is 1.96 bits per heavy atom. The molecule has 2 atom stereocenters. The number of carbonyl (C=O) groups is 1. The van der Waals surface area contributed by atoms with Crippen LogP contribution in [0.3, 0.4) is 0 Å². The third-order valence-electron chi connectivity index (χ3n) is 7.03. The number of nitrogens with one attached hydrogen (secondary N) is 1. The number of nitrogens with zero attached hydrogens (tertiary/aromatic N) is 2. The van der Waals surface area contributed by atoms with Crippen LogP contribution in [-0.2, 0) is 11.2 Å². The molecule has 0 aromatic heterocycles. The molecule has 0 aliphatic carbocycles. The highest BCUT2D eigenvalue weighted by Gasteiger charge is 2.49. The van der Waals surface area contributed by atoms with Gasteiger partial charge in [0.15, 0.2) is 0 Å².